The van der Waals surface area contributed by atoms with Gasteiger partial charge in [0.1, 0.15) is 11.9 Å². The summed E-state index contributed by atoms with van der Waals surface area (Å²) < 4.78 is 10.8. The number of methoxy groups -OCH3 is 1. The molecular formula is C17H25N3O3. The van der Waals surface area contributed by atoms with Crippen molar-refractivity contribution < 1.29 is 14.3 Å². The molecule has 0 radical (unpaired) electrons. The van der Waals surface area contributed by atoms with E-state index in [1.165, 1.54) is 0 Å². The summed E-state index contributed by atoms with van der Waals surface area (Å²) in [5.74, 6) is 1.09. The van der Waals surface area contributed by atoms with E-state index in [2.05, 4.69) is 11.0 Å². The first-order valence-corrected chi connectivity index (χ1v) is 8.30. The molecule has 6 heteroatoms. The summed E-state index contributed by atoms with van der Waals surface area (Å²) in [6.07, 6.45) is 1.55. The molecule has 1 amide bonds. The Kier molecular flexibility index (Phi) is 5.13. The van der Waals surface area contributed by atoms with Gasteiger partial charge in [0.15, 0.2) is 0 Å². The van der Waals surface area contributed by atoms with Crippen LogP contribution in [0.25, 0.3) is 0 Å². The number of aromatic nitrogens is 1. The van der Waals surface area contributed by atoms with Crippen LogP contribution >= 0.6 is 0 Å². The van der Waals surface area contributed by atoms with Crippen molar-refractivity contribution in [3.8, 4) is 0 Å². The molecule has 2 aliphatic rings. The molecule has 1 aromatic heterocycles. The summed E-state index contributed by atoms with van der Waals surface area (Å²) in [5, 5.41) is 0. The maximum atomic E-state index is 12.7. The third-order valence-corrected chi connectivity index (χ3v) is 4.48. The fraction of sp³-hybridized carbons (Fsp3) is 0.647. The summed E-state index contributed by atoms with van der Waals surface area (Å²) in [6, 6.07) is 4.09. The number of aryl methyl sites for hydroxylation is 1. The van der Waals surface area contributed by atoms with Crippen molar-refractivity contribution in [2.45, 2.75) is 32.4 Å². The largest absolute Gasteiger partial charge is 0.383 e. The third-order valence-electron chi connectivity index (χ3n) is 4.48. The van der Waals surface area contributed by atoms with Gasteiger partial charge in [0, 0.05) is 51.2 Å². The molecule has 3 heterocycles. The molecule has 0 bridgehead atoms. The second-order valence-electron chi connectivity index (χ2n) is 6.18. The second-order valence-corrected chi connectivity index (χ2v) is 6.18. The Labute approximate surface area is 137 Å². The zero-order valence-corrected chi connectivity index (χ0v) is 14.0. The minimum Gasteiger partial charge on any atom is -0.383 e. The van der Waals surface area contributed by atoms with Crippen molar-refractivity contribution in [3.63, 3.8) is 0 Å². The van der Waals surface area contributed by atoms with Crippen LogP contribution < -0.4 is 4.90 Å². The summed E-state index contributed by atoms with van der Waals surface area (Å²) in [7, 11) is 1.70. The topological polar surface area (TPSA) is 54.9 Å². The van der Waals surface area contributed by atoms with Gasteiger partial charge >= 0.3 is 0 Å². The van der Waals surface area contributed by atoms with Crippen LogP contribution in [0.15, 0.2) is 12.1 Å². The molecule has 0 unspecified atom stereocenters. The molecule has 0 aliphatic carbocycles. The number of amides is 1. The van der Waals surface area contributed by atoms with E-state index in [0.29, 0.717) is 26.3 Å². The lowest BCUT2D eigenvalue weighted by Crippen LogP contribution is -2.41. The lowest BCUT2D eigenvalue weighted by molar-refractivity contribution is -0.141. The highest BCUT2D eigenvalue weighted by molar-refractivity contribution is 5.81. The van der Waals surface area contributed by atoms with Crippen LogP contribution in [0.4, 0.5) is 5.82 Å². The van der Waals surface area contributed by atoms with Crippen molar-refractivity contribution in [3.05, 3.63) is 23.4 Å². The van der Waals surface area contributed by atoms with Crippen LogP contribution in [0.5, 0.6) is 0 Å². The molecule has 23 heavy (non-hydrogen) atoms. The van der Waals surface area contributed by atoms with Crippen LogP contribution in [0.2, 0.25) is 0 Å². The van der Waals surface area contributed by atoms with Gasteiger partial charge in [-0.05, 0) is 25.8 Å². The molecule has 0 saturated carbocycles. The molecule has 126 valence electrons. The first kappa shape index (κ1) is 16.2. The maximum Gasteiger partial charge on any atom is 0.252 e. The van der Waals surface area contributed by atoms with Crippen LogP contribution in [0, 0.1) is 6.92 Å². The maximum absolute atomic E-state index is 12.7. The van der Waals surface area contributed by atoms with Gasteiger partial charge < -0.3 is 19.3 Å². The molecular weight excluding hydrogens is 294 g/mol. The lowest BCUT2D eigenvalue weighted by atomic mass is 10.2. The Hall–Kier alpha value is -1.66. The van der Waals surface area contributed by atoms with Crippen molar-refractivity contribution in [2.75, 3.05) is 44.9 Å². The van der Waals surface area contributed by atoms with E-state index in [1.54, 1.807) is 7.11 Å². The zero-order chi connectivity index (χ0) is 16.2. The summed E-state index contributed by atoms with van der Waals surface area (Å²) in [5.41, 5.74) is 2.08. The fourth-order valence-corrected chi connectivity index (χ4v) is 3.18. The van der Waals surface area contributed by atoms with E-state index in [0.717, 1.165) is 43.0 Å². The van der Waals surface area contributed by atoms with E-state index >= 15 is 0 Å². The molecule has 1 saturated heterocycles. The molecule has 0 aromatic carbocycles. The third kappa shape index (κ3) is 3.64. The molecule has 3 rings (SSSR count). The van der Waals surface area contributed by atoms with E-state index in [1.807, 2.05) is 17.9 Å². The number of hydrogen-bond acceptors (Lipinski definition) is 5. The van der Waals surface area contributed by atoms with Crippen molar-refractivity contribution in [1.29, 1.82) is 0 Å². The van der Waals surface area contributed by atoms with E-state index < -0.39 is 0 Å². The van der Waals surface area contributed by atoms with E-state index in [-0.39, 0.29) is 12.0 Å². The Morgan fingerprint density at radius 2 is 2.30 bits per heavy atom. The number of nitrogens with zero attached hydrogens (tertiary/aromatic N) is 3. The predicted octanol–water partition coefficient (Wildman–Crippen LogP) is 1.36. The highest BCUT2D eigenvalue weighted by Gasteiger charge is 2.31. The van der Waals surface area contributed by atoms with Crippen LogP contribution in [0.3, 0.4) is 0 Å². The Morgan fingerprint density at radius 1 is 1.43 bits per heavy atom. The fourth-order valence-electron chi connectivity index (χ4n) is 3.18. The van der Waals surface area contributed by atoms with Gasteiger partial charge in [0.2, 0.25) is 0 Å². The monoisotopic (exact) mass is 319 g/mol. The normalized spacial score (nSPS) is 21.2. The molecule has 1 atom stereocenters. The van der Waals surface area contributed by atoms with Gasteiger partial charge in [0.05, 0.1) is 6.61 Å². The molecule has 1 aromatic rings. The molecule has 6 nitrogen and oxygen atoms in total. The number of ether oxygens (including phenoxy) is 2. The average molecular weight is 319 g/mol. The lowest BCUT2D eigenvalue weighted by Gasteiger charge is -2.25. The first-order valence-electron chi connectivity index (χ1n) is 8.30. The van der Waals surface area contributed by atoms with E-state index in [9.17, 15) is 4.79 Å². The van der Waals surface area contributed by atoms with Crippen LogP contribution in [0.1, 0.15) is 24.1 Å². The summed E-state index contributed by atoms with van der Waals surface area (Å²) >= 11 is 0. The van der Waals surface area contributed by atoms with Gasteiger partial charge in [-0.3, -0.25) is 4.79 Å². The standard InChI is InChI=1S/C17H25N3O3/c1-13-5-6-14-12-20(17(21)15-4-3-10-23-15)8-7-19(9-11-22-2)16(14)18-13/h5-6,15H,3-4,7-12H2,1-2H3/t15-/m1/s1. The van der Waals surface area contributed by atoms with Gasteiger partial charge in [-0.25, -0.2) is 4.98 Å². The first-order chi connectivity index (χ1) is 11.2. The second kappa shape index (κ2) is 7.27. The number of carbonyl (C=O) groups excluding carboxylic acids is 1. The van der Waals surface area contributed by atoms with Gasteiger partial charge in [-0.1, -0.05) is 6.07 Å². The van der Waals surface area contributed by atoms with Crippen molar-refractivity contribution in [1.82, 2.24) is 9.88 Å². The van der Waals surface area contributed by atoms with Crippen LogP contribution in [-0.4, -0.2) is 61.9 Å². The van der Waals surface area contributed by atoms with Crippen molar-refractivity contribution in [2.24, 2.45) is 0 Å². The summed E-state index contributed by atoms with van der Waals surface area (Å²) in [4.78, 5) is 21.5. The number of anilines is 1. The highest BCUT2D eigenvalue weighted by Crippen LogP contribution is 2.25. The quantitative estimate of drug-likeness (QED) is 0.839. The minimum atomic E-state index is -0.262. The number of fused-ring (bicyclic) bond motifs is 1. The zero-order valence-electron chi connectivity index (χ0n) is 14.0. The van der Waals surface area contributed by atoms with Gasteiger partial charge in [-0.15, -0.1) is 0 Å². The number of rotatable bonds is 4. The Bertz CT molecular complexity index is 558. The minimum absolute atomic E-state index is 0.114. The van der Waals surface area contributed by atoms with Crippen molar-refractivity contribution >= 4 is 11.7 Å². The number of hydrogen-bond donors (Lipinski definition) is 0. The number of carbonyl (C=O) groups is 1. The number of pyridine rings is 1. The Balaban J connectivity index is 1.81. The molecule has 0 N–H and O–H groups in total. The highest BCUT2D eigenvalue weighted by atomic mass is 16.5. The Morgan fingerprint density at radius 3 is 3.04 bits per heavy atom. The SMILES string of the molecule is COCCN1CCN(C(=O)[C@H]2CCCO2)Cc2ccc(C)nc21. The average Bonchev–Trinajstić information content (AvgIpc) is 3.03. The van der Waals surface area contributed by atoms with Crippen LogP contribution in [-0.2, 0) is 20.8 Å². The van der Waals surface area contributed by atoms with E-state index in [4.69, 9.17) is 14.5 Å². The summed E-state index contributed by atoms with van der Waals surface area (Å²) in [6.45, 7) is 6.18. The van der Waals surface area contributed by atoms with Gasteiger partial charge in [-0.2, -0.15) is 0 Å². The van der Waals surface area contributed by atoms with Gasteiger partial charge in [0.25, 0.3) is 5.91 Å². The molecule has 2 aliphatic heterocycles. The predicted molar refractivity (Wildman–Crippen MR) is 87.5 cm³/mol. The molecule has 1 fully saturated rings. The molecule has 0 spiro atoms. The smallest absolute Gasteiger partial charge is 0.252 e.